The second kappa shape index (κ2) is 22.0. The number of amides is 1. The van der Waals surface area contributed by atoms with E-state index in [1.807, 2.05) is 12.2 Å². The highest BCUT2D eigenvalue weighted by Crippen LogP contribution is 2.14. The molecule has 0 atom stereocenters. The molecule has 1 amide bonds. The first-order valence-electron chi connectivity index (χ1n) is 12.0. The van der Waals surface area contributed by atoms with Crippen molar-refractivity contribution in [3.05, 3.63) is 36.0 Å². The summed E-state index contributed by atoms with van der Waals surface area (Å²) >= 11 is 0. The van der Waals surface area contributed by atoms with E-state index in [1.165, 1.54) is 103 Å². The van der Waals surface area contributed by atoms with Crippen molar-refractivity contribution in [1.29, 1.82) is 0 Å². The van der Waals surface area contributed by atoms with E-state index in [2.05, 4.69) is 19.1 Å². The van der Waals surface area contributed by atoms with Gasteiger partial charge in [0.15, 0.2) is 0 Å². The van der Waals surface area contributed by atoms with Crippen LogP contribution in [-0.2, 0) is 4.79 Å². The molecule has 0 radical (unpaired) electrons. The summed E-state index contributed by atoms with van der Waals surface area (Å²) in [4.78, 5) is 10.8. The van der Waals surface area contributed by atoms with E-state index in [0.717, 1.165) is 6.42 Å². The van der Waals surface area contributed by atoms with Gasteiger partial charge in [-0.15, -0.1) is 0 Å². The molecular weight excluding hydrogens is 342 g/mol. The molecule has 0 saturated heterocycles. The SMILES string of the molecule is CCCCCCCCCCCCCCCCCC/C=C/C=C/C=C(\C)C(N)=O. The van der Waals surface area contributed by atoms with Crippen LogP contribution in [0.15, 0.2) is 36.0 Å². The average Bonchev–Trinajstić information content (AvgIpc) is 2.68. The van der Waals surface area contributed by atoms with Gasteiger partial charge >= 0.3 is 0 Å². The van der Waals surface area contributed by atoms with Crippen molar-refractivity contribution >= 4 is 5.91 Å². The molecule has 2 N–H and O–H groups in total. The maximum atomic E-state index is 10.8. The van der Waals surface area contributed by atoms with Crippen LogP contribution in [0.25, 0.3) is 0 Å². The fraction of sp³-hybridized carbons (Fsp3) is 0.731. The Bertz CT molecular complexity index is 434. The zero-order chi connectivity index (χ0) is 20.7. The third-order valence-corrected chi connectivity index (χ3v) is 5.32. The van der Waals surface area contributed by atoms with Crippen molar-refractivity contribution in [3.8, 4) is 0 Å². The van der Waals surface area contributed by atoms with Crippen LogP contribution >= 0.6 is 0 Å². The predicted molar refractivity (Wildman–Crippen MR) is 125 cm³/mol. The minimum atomic E-state index is -0.359. The molecule has 2 nitrogen and oxygen atoms in total. The van der Waals surface area contributed by atoms with Gasteiger partial charge in [0.2, 0.25) is 5.91 Å². The molecule has 0 unspecified atom stereocenters. The van der Waals surface area contributed by atoms with Crippen LogP contribution in [0.1, 0.15) is 123 Å². The van der Waals surface area contributed by atoms with Gasteiger partial charge in [-0.1, -0.05) is 134 Å². The summed E-state index contributed by atoms with van der Waals surface area (Å²) in [5.74, 6) is -0.359. The zero-order valence-electron chi connectivity index (χ0n) is 18.9. The number of carbonyl (C=O) groups excluding carboxylic acids is 1. The van der Waals surface area contributed by atoms with Crippen LogP contribution in [0.4, 0.5) is 0 Å². The molecule has 0 heterocycles. The summed E-state index contributed by atoms with van der Waals surface area (Å²) < 4.78 is 0. The minimum absolute atomic E-state index is 0.359. The smallest absolute Gasteiger partial charge is 0.244 e. The van der Waals surface area contributed by atoms with Crippen molar-refractivity contribution < 1.29 is 4.79 Å². The third-order valence-electron chi connectivity index (χ3n) is 5.32. The van der Waals surface area contributed by atoms with Crippen molar-refractivity contribution in [1.82, 2.24) is 0 Å². The molecule has 28 heavy (non-hydrogen) atoms. The number of unbranched alkanes of at least 4 members (excludes halogenated alkanes) is 16. The lowest BCUT2D eigenvalue weighted by molar-refractivity contribution is -0.114. The third kappa shape index (κ3) is 21.0. The quantitative estimate of drug-likeness (QED) is 0.127. The first-order valence-corrected chi connectivity index (χ1v) is 12.0. The Morgan fingerprint density at radius 2 is 1.07 bits per heavy atom. The number of rotatable bonds is 20. The van der Waals surface area contributed by atoms with Crippen LogP contribution in [0.2, 0.25) is 0 Å². The Labute approximate surface area is 175 Å². The van der Waals surface area contributed by atoms with E-state index in [1.54, 1.807) is 13.0 Å². The number of hydrogen-bond acceptors (Lipinski definition) is 1. The van der Waals surface area contributed by atoms with E-state index in [9.17, 15) is 4.79 Å². The van der Waals surface area contributed by atoms with Gasteiger partial charge in [0.05, 0.1) is 0 Å². The molecule has 0 aliphatic heterocycles. The normalized spacial score (nSPS) is 12.4. The predicted octanol–water partition coefficient (Wildman–Crippen LogP) is 8.18. The van der Waals surface area contributed by atoms with E-state index in [-0.39, 0.29) is 5.91 Å². The van der Waals surface area contributed by atoms with Crippen molar-refractivity contribution in [2.24, 2.45) is 5.73 Å². The first kappa shape index (κ1) is 26.7. The summed E-state index contributed by atoms with van der Waals surface area (Å²) in [6, 6.07) is 0. The number of allylic oxidation sites excluding steroid dienone is 5. The van der Waals surface area contributed by atoms with Crippen LogP contribution in [0.5, 0.6) is 0 Å². The van der Waals surface area contributed by atoms with Crippen molar-refractivity contribution in [2.75, 3.05) is 0 Å². The topological polar surface area (TPSA) is 43.1 Å². The van der Waals surface area contributed by atoms with Crippen molar-refractivity contribution in [3.63, 3.8) is 0 Å². The van der Waals surface area contributed by atoms with Gasteiger partial charge in [0, 0.05) is 5.57 Å². The second-order valence-corrected chi connectivity index (χ2v) is 8.12. The van der Waals surface area contributed by atoms with Gasteiger partial charge < -0.3 is 5.73 Å². The lowest BCUT2D eigenvalue weighted by Gasteiger charge is -2.03. The van der Waals surface area contributed by atoms with Gasteiger partial charge in [-0.2, -0.15) is 0 Å². The highest BCUT2D eigenvalue weighted by atomic mass is 16.1. The number of hydrogen-bond donors (Lipinski definition) is 1. The molecule has 0 saturated carbocycles. The molecule has 0 bridgehead atoms. The first-order chi connectivity index (χ1) is 13.7. The van der Waals surface area contributed by atoms with E-state index >= 15 is 0 Å². The van der Waals surface area contributed by atoms with Gasteiger partial charge in [0.25, 0.3) is 0 Å². The van der Waals surface area contributed by atoms with Crippen LogP contribution < -0.4 is 5.73 Å². The molecule has 0 fully saturated rings. The molecule has 2 heteroatoms. The van der Waals surface area contributed by atoms with E-state index in [4.69, 9.17) is 5.73 Å². The lowest BCUT2D eigenvalue weighted by atomic mass is 10.0. The largest absolute Gasteiger partial charge is 0.366 e. The van der Waals surface area contributed by atoms with Gasteiger partial charge in [-0.25, -0.2) is 0 Å². The highest BCUT2D eigenvalue weighted by Gasteiger charge is 1.94. The standard InChI is InChI=1S/C26H47NO/c1-3-4-5-6-7-8-9-10-11-12-13-14-15-16-17-18-19-20-21-22-23-24-25(2)26(27)28/h20-24H,3-19H2,1-2H3,(H2,27,28)/b21-20+,23-22+,25-24+. The van der Waals surface area contributed by atoms with Crippen LogP contribution in [0, 0.1) is 0 Å². The van der Waals surface area contributed by atoms with E-state index in [0.29, 0.717) is 5.57 Å². The molecule has 0 aliphatic rings. The summed E-state index contributed by atoms with van der Waals surface area (Å²) in [5, 5.41) is 0. The van der Waals surface area contributed by atoms with Gasteiger partial charge in [-0.05, 0) is 19.8 Å². The highest BCUT2D eigenvalue weighted by molar-refractivity contribution is 5.91. The fourth-order valence-electron chi connectivity index (χ4n) is 3.33. The molecular formula is C26H47NO. The second-order valence-electron chi connectivity index (χ2n) is 8.12. The van der Waals surface area contributed by atoms with Gasteiger partial charge in [0.1, 0.15) is 0 Å². The molecule has 0 aliphatic carbocycles. The number of nitrogens with two attached hydrogens (primary N) is 1. The molecule has 0 aromatic heterocycles. The molecule has 0 aromatic rings. The Morgan fingerprint density at radius 1 is 0.643 bits per heavy atom. The number of primary amides is 1. The Hall–Kier alpha value is -1.31. The summed E-state index contributed by atoms with van der Waals surface area (Å²) in [5.41, 5.74) is 5.75. The summed E-state index contributed by atoms with van der Waals surface area (Å²) in [6.45, 7) is 4.02. The lowest BCUT2D eigenvalue weighted by Crippen LogP contribution is -2.11. The number of carbonyl (C=O) groups is 1. The Balaban J connectivity index is 3.23. The Morgan fingerprint density at radius 3 is 1.50 bits per heavy atom. The maximum Gasteiger partial charge on any atom is 0.244 e. The van der Waals surface area contributed by atoms with Crippen molar-refractivity contribution in [2.45, 2.75) is 123 Å². The van der Waals surface area contributed by atoms with E-state index < -0.39 is 0 Å². The monoisotopic (exact) mass is 389 g/mol. The Kier molecular flexibility index (Phi) is 21.0. The zero-order valence-corrected chi connectivity index (χ0v) is 18.9. The fourth-order valence-corrected chi connectivity index (χ4v) is 3.33. The van der Waals surface area contributed by atoms with Gasteiger partial charge in [-0.3, -0.25) is 4.79 Å². The maximum absolute atomic E-state index is 10.8. The minimum Gasteiger partial charge on any atom is -0.366 e. The summed E-state index contributed by atoms with van der Waals surface area (Å²) in [6.07, 6.45) is 33.6. The molecule has 0 aromatic carbocycles. The molecule has 162 valence electrons. The van der Waals surface area contributed by atoms with Crippen LogP contribution in [-0.4, -0.2) is 5.91 Å². The van der Waals surface area contributed by atoms with Crippen LogP contribution in [0.3, 0.4) is 0 Å². The molecule has 0 spiro atoms. The average molecular weight is 390 g/mol. The summed E-state index contributed by atoms with van der Waals surface area (Å²) in [7, 11) is 0. The molecule has 0 rings (SSSR count).